The first-order valence-corrected chi connectivity index (χ1v) is 11.6. The van der Waals surface area contributed by atoms with Crippen molar-refractivity contribution in [2.75, 3.05) is 18.8 Å². The number of likely N-dealkylation sites (tertiary alicyclic amines) is 1. The van der Waals surface area contributed by atoms with E-state index in [-0.39, 0.29) is 11.7 Å². The van der Waals surface area contributed by atoms with Gasteiger partial charge >= 0.3 is 0 Å². The van der Waals surface area contributed by atoms with Crippen LogP contribution in [0.5, 0.6) is 0 Å². The number of hydrogen-bond acceptors (Lipinski definition) is 4. The molecule has 0 aliphatic carbocycles. The first kappa shape index (κ1) is 20.1. The molecule has 8 heteroatoms. The Kier molecular flexibility index (Phi) is 5.40. The van der Waals surface area contributed by atoms with Crippen LogP contribution in [-0.4, -0.2) is 48.8 Å². The van der Waals surface area contributed by atoms with E-state index in [0.717, 1.165) is 30.5 Å². The molecule has 0 saturated carbocycles. The summed E-state index contributed by atoms with van der Waals surface area (Å²) in [5.41, 5.74) is 2.49. The molecule has 1 aliphatic rings. The third-order valence-corrected chi connectivity index (χ3v) is 6.81. The van der Waals surface area contributed by atoms with Crippen LogP contribution in [0.25, 0.3) is 16.8 Å². The number of thioether (sulfide) groups is 1. The van der Waals surface area contributed by atoms with Gasteiger partial charge in [0.1, 0.15) is 5.82 Å². The number of aromatic nitrogens is 4. The van der Waals surface area contributed by atoms with Crippen molar-refractivity contribution in [1.29, 1.82) is 0 Å². The normalized spacial score (nSPS) is 17.0. The van der Waals surface area contributed by atoms with Gasteiger partial charge in [-0.1, -0.05) is 49.0 Å². The highest BCUT2D eigenvalue weighted by atomic mass is 32.2. The largest absolute Gasteiger partial charge is 0.342 e. The molecule has 1 fully saturated rings. The number of nitrogens with zero attached hydrogens (tertiary/aromatic N) is 5. The van der Waals surface area contributed by atoms with E-state index < -0.39 is 0 Å². The van der Waals surface area contributed by atoms with Crippen molar-refractivity contribution in [3.8, 4) is 0 Å². The van der Waals surface area contributed by atoms with Gasteiger partial charge in [-0.15, -0.1) is 10.2 Å². The fourth-order valence-electron chi connectivity index (χ4n) is 4.32. The highest BCUT2D eigenvalue weighted by Crippen LogP contribution is 2.27. The maximum atomic E-state index is 14.3. The van der Waals surface area contributed by atoms with Crippen molar-refractivity contribution < 1.29 is 9.18 Å². The molecule has 1 atom stereocenters. The van der Waals surface area contributed by atoms with Crippen LogP contribution in [0.1, 0.15) is 25.3 Å². The van der Waals surface area contributed by atoms with Crippen molar-refractivity contribution in [3.63, 3.8) is 0 Å². The number of rotatable bonds is 5. The van der Waals surface area contributed by atoms with Crippen LogP contribution in [-0.2, 0) is 11.3 Å². The zero-order valence-electron chi connectivity index (χ0n) is 17.4. The second kappa shape index (κ2) is 8.34. The molecule has 1 aliphatic heterocycles. The van der Waals surface area contributed by atoms with Crippen LogP contribution >= 0.6 is 11.8 Å². The van der Waals surface area contributed by atoms with Crippen molar-refractivity contribution >= 4 is 34.5 Å². The first-order chi connectivity index (χ1) is 15.1. The van der Waals surface area contributed by atoms with Gasteiger partial charge in [0.2, 0.25) is 11.7 Å². The molecule has 1 amide bonds. The van der Waals surface area contributed by atoms with Crippen LogP contribution in [0, 0.1) is 11.7 Å². The van der Waals surface area contributed by atoms with Crippen LogP contribution in [0.4, 0.5) is 4.39 Å². The summed E-state index contributed by atoms with van der Waals surface area (Å²) in [4.78, 5) is 14.7. The number of halogens is 1. The number of carbonyl (C=O) groups is 1. The van der Waals surface area contributed by atoms with Gasteiger partial charge in [0, 0.05) is 18.7 Å². The summed E-state index contributed by atoms with van der Waals surface area (Å²) in [6.07, 6.45) is 2.25. The monoisotopic (exact) mass is 437 g/mol. The zero-order valence-corrected chi connectivity index (χ0v) is 18.2. The lowest BCUT2D eigenvalue weighted by Gasteiger charge is -2.30. The predicted octanol–water partition coefficient (Wildman–Crippen LogP) is 4.22. The summed E-state index contributed by atoms with van der Waals surface area (Å²) in [6, 6.07) is 14.7. The Balaban J connectivity index is 1.46. The molecule has 5 rings (SSSR count). The molecule has 3 heterocycles. The second-order valence-electron chi connectivity index (χ2n) is 8.16. The van der Waals surface area contributed by atoms with E-state index in [1.165, 1.54) is 24.2 Å². The van der Waals surface area contributed by atoms with E-state index in [9.17, 15) is 9.18 Å². The Morgan fingerprint density at radius 2 is 1.90 bits per heavy atom. The van der Waals surface area contributed by atoms with E-state index in [1.807, 2.05) is 44.2 Å². The van der Waals surface area contributed by atoms with E-state index in [4.69, 9.17) is 0 Å². The van der Waals surface area contributed by atoms with E-state index >= 15 is 0 Å². The van der Waals surface area contributed by atoms with Crippen LogP contribution in [0.2, 0.25) is 0 Å². The van der Waals surface area contributed by atoms with Crippen LogP contribution < -0.4 is 0 Å². The number of hydrogen-bond donors (Lipinski definition) is 0. The molecule has 31 heavy (non-hydrogen) atoms. The number of piperidine rings is 1. The molecule has 0 unspecified atom stereocenters. The maximum Gasteiger partial charge on any atom is 0.237 e. The Morgan fingerprint density at radius 3 is 2.71 bits per heavy atom. The molecule has 0 bridgehead atoms. The Morgan fingerprint density at radius 1 is 1.13 bits per heavy atom. The van der Waals surface area contributed by atoms with Gasteiger partial charge in [-0.2, -0.15) is 0 Å². The summed E-state index contributed by atoms with van der Waals surface area (Å²) >= 11 is 1.41. The van der Waals surface area contributed by atoms with Crippen molar-refractivity contribution in [1.82, 2.24) is 24.1 Å². The highest BCUT2D eigenvalue weighted by Gasteiger charge is 2.23. The Bertz CT molecular complexity index is 1250. The van der Waals surface area contributed by atoms with Gasteiger partial charge in [-0.05, 0) is 37.0 Å². The summed E-state index contributed by atoms with van der Waals surface area (Å²) in [6.45, 7) is 4.22. The van der Waals surface area contributed by atoms with Gasteiger partial charge in [0.15, 0.2) is 5.16 Å². The van der Waals surface area contributed by atoms with Crippen LogP contribution in [0.3, 0.4) is 0 Å². The Hall–Kier alpha value is -2.87. The zero-order chi connectivity index (χ0) is 21.4. The number of fused-ring (bicyclic) bond motifs is 3. The quantitative estimate of drug-likeness (QED) is 0.439. The lowest BCUT2D eigenvalue weighted by atomic mass is 10.0. The van der Waals surface area contributed by atoms with Gasteiger partial charge in [0.25, 0.3) is 0 Å². The second-order valence-corrected chi connectivity index (χ2v) is 9.10. The number of amides is 1. The predicted molar refractivity (Wildman–Crippen MR) is 120 cm³/mol. The number of para-hydroxylation sites is 2. The molecule has 6 nitrogen and oxygen atoms in total. The van der Waals surface area contributed by atoms with E-state index in [2.05, 4.69) is 17.1 Å². The standard InChI is InChI=1S/C23H24FN5OS/c1-16-7-6-12-27(13-16)21(30)15-31-23-26-25-22-28(14-17-8-2-3-9-18(17)24)19-10-4-5-11-20(19)29(22)23/h2-5,8-11,16H,6-7,12-15H2,1H3/t16-/m0/s1. The summed E-state index contributed by atoms with van der Waals surface area (Å²) in [5.74, 6) is 1.43. The van der Waals surface area contributed by atoms with Crippen LogP contribution in [0.15, 0.2) is 53.7 Å². The summed E-state index contributed by atoms with van der Waals surface area (Å²) in [5, 5.41) is 9.42. The molecular weight excluding hydrogens is 413 g/mol. The van der Waals surface area contributed by atoms with Crippen molar-refractivity contribution in [3.05, 3.63) is 59.9 Å². The summed E-state index contributed by atoms with van der Waals surface area (Å²) < 4.78 is 18.2. The number of imidazole rings is 1. The maximum absolute atomic E-state index is 14.3. The van der Waals surface area contributed by atoms with E-state index in [1.54, 1.807) is 12.1 Å². The molecule has 2 aromatic heterocycles. The smallest absolute Gasteiger partial charge is 0.237 e. The number of benzene rings is 2. The highest BCUT2D eigenvalue weighted by molar-refractivity contribution is 7.99. The third kappa shape index (κ3) is 3.80. The molecular formula is C23H24FN5OS. The molecule has 1 saturated heterocycles. The lowest BCUT2D eigenvalue weighted by molar-refractivity contribution is -0.130. The number of carbonyl (C=O) groups excluding carboxylic acids is 1. The Labute approximate surface area is 184 Å². The molecule has 4 aromatic rings. The minimum Gasteiger partial charge on any atom is -0.342 e. The topological polar surface area (TPSA) is 55.4 Å². The fourth-order valence-corrected chi connectivity index (χ4v) is 5.16. The molecule has 0 radical (unpaired) electrons. The van der Waals surface area contributed by atoms with Crippen molar-refractivity contribution in [2.24, 2.45) is 5.92 Å². The van der Waals surface area contributed by atoms with E-state index in [0.29, 0.717) is 34.7 Å². The molecule has 2 aromatic carbocycles. The minimum absolute atomic E-state index is 0.142. The van der Waals surface area contributed by atoms with Gasteiger partial charge in [0.05, 0.1) is 23.3 Å². The molecule has 160 valence electrons. The van der Waals surface area contributed by atoms with Crippen molar-refractivity contribution in [2.45, 2.75) is 31.5 Å². The third-order valence-electron chi connectivity index (χ3n) is 5.89. The SMILES string of the molecule is C[C@H]1CCCN(C(=O)CSc2nnc3n(Cc4ccccc4F)c4ccccc4n23)C1. The lowest BCUT2D eigenvalue weighted by Crippen LogP contribution is -2.40. The average molecular weight is 438 g/mol. The molecule has 0 spiro atoms. The first-order valence-electron chi connectivity index (χ1n) is 10.6. The van der Waals surface area contributed by atoms with Gasteiger partial charge < -0.3 is 9.47 Å². The van der Waals surface area contributed by atoms with Gasteiger partial charge in [-0.3, -0.25) is 9.20 Å². The molecule has 0 N–H and O–H groups in total. The minimum atomic E-state index is -0.242. The average Bonchev–Trinajstić information content (AvgIpc) is 3.33. The van der Waals surface area contributed by atoms with Gasteiger partial charge in [-0.25, -0.2) is 4.39 Å². The summed E-state index contributed by atoms with van der Waals surface area (Å²) in [7, 11) is 0. The fraction of sp³-hybridized carbons (Fsp3) is 0.348.